The first-order chi connectivity index (χ1) is 7.32. The van der Waals surface area contributed by atoms with E-state index in [0.29, 0.717) is 11.0 Å². The van der Waals surface area contributed by atoms with Crippen LogP contribution in [0.4, 0.5) is 0 Å². The second-order valence-corrected chi connectivity index (χ2v) is 6.53. The highest BCUT2D eigenvalue weighted by molar-refractivity contribution is 5.73. The lowest BCUT2D eigenvalue weighted by atomic mass is 9.70. The van der Waals surface area contributed by atoms with Gasteiger partial charge >= 0.3 is 0 Å². The van der Waals surface area contributed by atoms with Crippen LogP contribution in [0.1, 0.15) is 40.5 Å². The van der Waals surface area contributed by atoms with Gasteiger partial charge in [0.05, 0.1) is 0 Å². The fourth-order valence-corrected chi connectivity index (χ4v) is 2.85. The zero-order chi connectivity index (χ0) is 12.0. The second kappa shape index (κ2) is 3.73. The third-order valence-electron chi connectivity index (χ3n) is 4.27. The molecule has 0 unspecified atom stereocenters. The van der Waals surface area contributed by atoms with E-state index in [1.54, 1.807) is 6.92 Å². The molecule has 2 fully saturated rings. The highest BCUT2D eigenvalue weighted by Gasteiger charge is 2.47. The van der Waals surface area contributed by atoms with Crippen LogP contribution in [0.2, 0.25) is 0 Å². The molecule has 0 saturated carbocycles. The van der Waals surface area contributed by atoms with Crippen LogP contribution >= 0.6 is 0 Å². The van der Waals surface area contributed by atoms with Crippen molar-refractivity contribution in [3.8, 4) is 0 Å². The van der Waals surface area contributed by atoms with Crippen molar-refractivity contribution in [3.05, 3.63) is 0 Å². The minimum Gasteiger partial charge on any atom is -0.343 e. The summed E-state index contributed by atoms with van der Waals surface area (Å²) in [7, 11) is 0. The fraction of sp³-hybridized carbons (Fsp3) is 0.923. The summed E-state index contributed by atoms with van der Waals surface area (Å²) in [5, 5.41) is 0. The summed E-state index contributed by atoms with van der Waals surface area (Å²) in [6, 6.07) is 0. The molecule has 0 aromatic carbocycles. The van der Waals surface area contributed by atoms with Gasteiger partial charge in [-0.15, -0.1) is 0 Å². The maximum absolute atomic E-state index is 11.3. The molecule has 3 heteroatoms. The molecule has 0 aromatic heterocycles. The SMILES string of the molecule is CC(=O)N1CCC2(CC1)CN(C(C)(C)C)C2. The van der Waals surface area contributed by atoms with Crippen LogP contribution in [0, 0.1) is 5.41 Å². The highest BCUT2D eigenvalue weighted by Crippen LogP contribution is 2.43. The monoisotopic (exact) mass is 224 g/mol. The summed E-state index contributed by atoms with van der Waals surface area (Å²) in [5.41, 5.74) is 0.836. The zero-order valence-corrected chi connectivity index (χ0v) is 11.0. The Hall–Kier alpha value is -0.570. The van der Waals surface area contributed by atoms with Crippen molar-refractivity contribution in [2.45, 2.75) is 46.1 Å². The molecule has 0 aromatic rings. The van der Waals surface area contributed by atoms with Crippen molar-refractivity contribution in [1.82, 2.24) is 9.80 Å². The number of hydrogen-bond acceptors (Lipinski definition) is 2. The number of likely N-dealkylation sites (tertiary alicyclic amines) is 2. The van der Waals surface area contributed by atoms with Gasteiger partial charge in [0.2, 0.25) is 5.91 Å². The zero-order valence-electron chi connectivity index (χ0n) is 11.0. The van der Waals surface area contributed by atoms with Crippen molar-refractivity contribution in [2.75, 3.05) is 26.2 Å². The van der Waals surface area contributed by atoms with Gasteiger partial charge in [-0.05, 0) is 39.0 Å². The topological polar surface area (TPSA) is 23.6 Å². The van der Waals surface area contributed by atoms with E-state index in [4.69, 9.17) is 0 Å². The van der Waals surface area contributed by atoms with Gasteiger partial charge in [-0.1, -0.05) is 0 Å². The molecule has 0 aliphatic carbocycles. The van der Waals surface area contributed by atoms with Crippen LogP contribution in [-0.4, -0.2) is 47.4 Å². The largest absolute Gasteiger partial charge is 0.343 e. The van der Waals surface area contributed by atoms with Crippen molar-refractivity contribution in [2.24, 2.45) is 5.41 Å². The molecule has 92 valence electrons. The van der Waals surface area contributed by atoms with E-state index < -0.39 is 0 Å². The molecule has 2 aliphatic heterocycles. The molecule has 0 atom stereocenters. The first-order valence-electron chi connectivity index (χ1n) is 6.33. The quantitative estimate of drug-likeness (QED) is 0.625. The average Bonchev–Trinajstić information content (AvgIpc) is 2.12. The van der Waals surface area contributed by atoms with Crippen LogP contribution in [-0.2, 0) is 4.79 Å². The molecule has 2 rings (SSSR count). The van der Waals surface area contributed by atoms with E-state index in [9.17, 15) is 4.79 Å². The predicted octanol–water partition coefficient (Wildman–Crippen LogP) is 1.73. The van der Waals surface area contributed by atoms with Gasteiger partial charge in [0.1, 0.15) is 0 Å². The van der Waals surface area contributed by atoms with Gasteiger partial charge < -0.3 is 4.90 Å². The van der Waals surface area contributed by atoms with Crippen molar-refractivity contribution >= 4 is 5.91 Å². The summed E-state index contributed by atoms with van der Waals surface area (Å²) in [5.74, 6) is 0.238. The summed E-state index contributed by atoms with van der Waals surface area (Å²) < 4.78 is 0. The Labute approximate surface area is 98.8 Å². The predicted molar refractivity (Wildman–Crippen MR) is 65.2 cm³/mol. The normalized spacial score (nSPS) is 25.6. The summed E-state index contributed by atoms with van der Waals surface area (Å²) in [6.07, 6.45) is 2.39. The first-order valence-corrected chi connectivity index (χ1v) is 6.33. The number of carbonyl (C=O) groups excluding carboxylic acids is 1. The Bertz CT molecular complexity index is 277. The molecular weight excluding hydrogens is 200 g/mol. The molecule has 2 aliphatic rings. The summed E-state index contributed by atoms with van der Waals surface area (Å²) in [6.45, 7) is 12.9. The number of amides is 1. The molecule has 0 N–H and O–H groups in total. The number of piperidine rings is 1. The van der Waals surface area contributed by atoms with Crippen molar-refractivity contribution < 1.29 is 4.79 Å². The third-order valence-corrected chi connectivity index (χ3v) is 4.27. The highest BCUT2D eigenvalue weighted by atomic mass is 16.2. The molecule has 0 radical (unpaired) electrons. The second-order valence-electron chi connectivity index (χ2n) is 6.53. The first kappa shape index (κ1) is 11.9. The molecule has 0 bridgehead atoms. The molecule has 2 saturated heterocycles. The lowest BCUT2D eigenvalue weighted by Crippen LogP contribution is -2.65. The van der Waals surface area contributed by atoms with E-state index in [-0.39, 0.29) is 5.91 Å². The molecular formula is C13H24N2O. The van der Waals surface area contributed by atoms with Gasteiger partial charge in [-0.25, -0.2) is 0 Å². The summed E-state index contributed by atoms with van der Waals surface area (Å²) in [4.78, 5) is 15.8. The van der Waals surface area contributed by atoms with Crippen LogP contribution in [0.3, 0.4) is 0 Å². The third kappa shape index (κ3) is 2.10. The lowest BCUT2D eigenvalue weighted by Gasteiger charge is -2.58. The van der Waals surface area contributed by atoms with Crippen molar-refractivity contribution in [1.29, 1.82) is 0 Å². The van der Waals surface area contributed by atoms with Crippen molar-refractivity contribution in [3.63, 3.8) is 0 Å². The molecule has 2 heterocycles. The summed E-state index contributed by atoms with van der Waals surface area (Å²) >= 11 is 0. The standard InChI is InChI=1S/C13H24N2O/c1-11(16)14-7-5-13(6-8-14)9-15(10-13)12(2,3)4/h5-10H2,1-4H3. The van der Waals surface area contributed by atoms with E-state index in [2.05, 4.69) is 25.7 Å². The number of rotatable bonds is 0. The Morgan fingerprint density at radius 1 is 1.12 bits per heavy atom. The fourth-order valence-electron chi connectivity index (χ4n) is 2.85. The van der Waals surface area contributed by atoms with Crippen LogP contribution in [0.5, 0.6) is 0 Å². The lowest BCUT2D eigenvalue weighted by molar-refractivity contribution is -0.136. The van der Waals surface area contributed by atoms with Gasteiger partial charge in [0.25, 0.3) is 0 Å². The average molecular weight is 224 g/mol. The molecule has 1 amide bonds. The number of carbonyl (C=O) groups is 1. The van der Waals surface area contributed by atoms with E-state index in [1.165, 1.54) is 25.9 Å². The van der Waals surface area contributed by atoms with Gasteiger partial charge in [0, 0.05) is 38.6 Å². The van der Waals surface area contributed by atoms with E-state index in [1.807, 2.05) is 4.90 Å². The number of hydrogen-bond donors (Lipinski definition) is 0. The Kier molecular flexibility index (Phi) is 2.77. The minimum atomic E-state index is 0.238. The maximum atomic E-state index is 11.3. The molecule has 3 nitrogen and oxygen atoms in total. The van der Waals surface area contributed by atoms with E-state index in [0.717, 1.165) is 13.1 Å². The van der Waals surface area contributed by atoms with Crippen LogP contribution in [0.25, 0.3) is 0 Å². The van der Waals surface area contributed by atoms with Gasteiger partial charge in [-0.3, -0.25) is 9.69 Å². The molecule has 16 heavy (non-hydrogen) atoms. The Morgan fingerprint density at radius 3 is 2.00 bits per heavy atom. The van der Waals surface area contributed by atoms with Crippen LogP contribution < -0.4 is 0 Å². The Balaban J connectivity index is 1.85. The minimum absolute atomic E-state index is 0.238. The smallest absolute Gasteiger partial charge is 0.219 e. The van der Waals surface area contributed by atoms with Gasteiger partial charge in [0.15, 0.2) is 0 Å². The number of nitrogens with zero attached hydrogens (tertiary/aromatic N) is 2. The Morgan fingerprint density at radius 2 is 1.62 bits per heavy atom. The van der Waals surface area contributed by atoms with E-state index >= 15 is 0 Å². The van der Waals surface area contributed by atoms with Crippen LogP contribution in [0.15, 0.2) is 0 Å². The maximum Gasteiger partial charge on any atom is 0.219 e. The molecule has 1 spiro atoms. The van der Waals surface area contributed by atoms with Gasteiger partial charge in [-0.2, -0.15) is 0 Å².